The predicted molar refractivity (Wildman–Crippen MR) is 116 cm³/mol. The molecular weight excluding hydrogens is 386 g/mol. The van der Waals surface area contributed by atoms with E-state index in [0.717, 1.165) is 59.1 Å². The average Bonchev–Trinajstić information content (AvgIpc) is 3.13. The second kappa shape index (κ2) is 7.30. The number of hydrogen-bond donors (Lipinski definition) is 0. The van der Waals surface area contributed by atoms with Crippen LogP contribution in [0, 0.1) is 0 Å². The van der Waals surface area contributed by atoms with Gasteiger partial charge in [-0.3, -0.25) is 4.79 Å². The minimum absolute atomic E-state index is 0.103. The van der Waals surface area contributed by atoms with Crippen LogP contribution in [0.5, 0.6) is 5.75 Å². The molecule has 0 spiro atoms. The Morgan fingerprint density at radius 2 is 1.90 bits per heavy atom. The van der Waals surface area contributed by atoms with Gasteiger partial charge in [0.25, 0.3) is 5.91 Å². The highest BCUT2D eigenvalue weighted by Gasteiger charge is 2.29. The van der Waals surface area contributed by atoms with Crippen LogP contribution < -0.4 is 9.64 Å². The molecule has 1 fully saturated rings. The maximum Gasteiger partial charge on any atom is 0.270 e. The lowest BCUT2D eigenvalue weighted by Gasteiger charge is -2.36. The van der Waals surface area contributed by atoms with Gasteiger partial charge in [0, 0.05) is 42.3 Å². The molecule has 0 N–H and O–H groups in total. The molecule has 1 atom stereocenters. The minimum atomic E-state index is 0.103. The third-order valence-electron chi connectivity index (χ3n) is 5.98. The smallest absolute Gasteiger partial charge is 0.270 e. The number of piperazine rings is 1. The number of para-hydroxylation sites is 1. The third-order valence-corrected chi connectivity index (χ3v) is 6.21. The molecule has 3 heterocycles. The molecule has 6 heteroatoms. The summed E-state index contributed by atoms with van der Waals surface area (Å²) >= 11 is 6.13. The van der Waals surface area contributed by atoms with E-state index < -0.39 is 0 Å². The number of anilines is 1. The summed E-state index contributed by atoms with van der Waals surface area (Å²) in [6, 6.07) is 16.0. The molecule has 0 radical (unpaired) electrons. The minimum Gasteiger partial charge on any atom is -0.486 e. The third kappa shape index (κ3) is 3.23. The lowest BCUT2D eigenvalue weighted by molar-refractivity contribution is 0.0730. The van der Waals surface area contributed by atoms with E-state index in [0.29, 0.717) is 13.1 Å². The number of hydrogen-bond acceptors (Lipinski definition) is 3. The van der Waals surface area contributed by atoms with Crippen LogP contribution in [-0.2, 0) is 6.54 Å². The molecule has 1 aromatic heterocycles. The molecule has 2 aliphatic heterocycles. The van der Waals surface area contributed by atoms with Crippen LogP contribution >= 0.6 is 11.6 Å². The lowest BCUT2D eigenvalue weighted by atomic mass is 10.2. The standard InChI is InChI=1S/C23H24ClN3O2/c1-2-19-15-27-20(13-16-5-3-8-21(29-19)22(16)27)23(28)26-11-9-25(10-12-26)18-7-4-6-17(24)14-18/h3-8,13-14,19H,2,9-12,15H2,1H3/t19-/m1/s1. The predicted octanol–water partition coefficient (Wildman–Crippen LogP) is 4.43. The SMILES string of the molecule is CC[C@@H]1Cn2c(C(=O)N3CCN(c4cccc(Cl)c4)CC3)cc3cccc(c32)O1. The number of rotatable bonds is 3. The molecule has 150 valence electrons. The Balaban J connectivity index is 1.38. The van der Waals surface area contributed by atoms with Crippen molar-refractivity contribution in [2.45, 2.75) is 26.0 Å². The summed E-state index contributed by atoms with van der Waals surface area (Å²) in [5.41, 5.74) is 2.92. The van der Waals surface area contributed by atoms with Crippen LogP contribution in [0.4, 0.5) is 5.69 Å². The first-order chi connectivity index (χ1) is 14.1. The zero-order valence-corrected chi connectivity index (χ0v) is 17.2. The van der Waals surface area contributed by atoms with Crippen LogP contribution in [0.1, 0.15) is 23.8 Å². The molecule has 29 heavy (non-hydrogen) atoms. The van der Waals surface area contributed by atoms with E-state index >= 15 is 0 Å². The Kier molecular flexibility index (Phi) is 4.63. The van der Waals surface area contributed by atoms with Gasteiger partial charge in [-0.05, 0) is 36.8 Å². The van der Waals surface area contributed by atoms with Gasteiger partial charge in [0.1, 0.15) is 17.5 Å². The van der Waals surface area contributed by atoms with Gasteiger partial charge in [-0.15, -0.1) is 0 Å². The van der Waals surface area contributed by atoms with Gasteiger partial charge in [-0.1, -0.05) is 36.7 Å². The number of halogens is 1. The van der Waals surface area contributed by atoms with Gasteiger partial charge in [0.15, 0.2) is 0 Å². The van der Waals surface area contributed by atoms with E-state index in [4.69, 9.17) is 16.3 Å². The fraction of sp³-hybridized carbons (Fsp3) is 0.348. The van der Waals surface area contributed by atoms with Gasteiger partial charge in [-0.2, -0.15) is 0 Å². The molecule has 0 saturated carbocycles. The highest BCUT2D eigenvalue weighted by molar-refractivity contribution is 6.30. The van der Waals surface area contributed by atoms with Crippen molar-refractivity contribution in [3.8, 4) is 5.75 Å². The number of amides is 1. The molecule has 0 unspecified atom stereocenters. The van der Waals surface area contributed by atoms with Crippen molar-refractivity contribution in [2.24, 2.45) is 0 Å². The summed E-state index contributed by atoms with van der Waals surface area (Å²) in [5, 5.41) is 1.81. The summed E-state index contributed by atoms with van der Waals surface area (Å²) in [6.07, 6.45) is 1.02. The second-order valence-corrected chi connectivity index (χ2v) is 8.18. The topological polar surface area (TPSA) is 37.7 Å². The van der Waals surface area contributed by atoms with Crippen LogP contribution in [0.3, 0.4) is 0 Å². The molecular formula is C23H24ClN3O2. The van der Waals surface area contributed by atoms with Crippen molar-refractivity contribution >= 4 is 34.1 Å². The normalized spacial score (nSPS) is 18.8. The van der Waals surface area contributed by atoms with Crippen molar-refractivity contribution in [1.82, 2.24) is 9.47 Å². The number of carbonyl (C=O) groups is 1. The van der Waals surface area contributed by atoms with Crippen LogP contribution in [0.25, 0.3) is 10.9 Å². The summed E-state index contributed by atoms with van der Waals surface area (Å²) in [4.78, 5) is 17.7. The van der Waals surface area contributed by atoms with Crippen molar-refractivity contribution in [2.75, 3.05) is 31.1 Å². The number of nitrogens with zero attached hydrogens (tertiary/aromatic N) is 3. The molecule has 5 nitrogen and oxygen atoms in total. The van der Waals surface area contributed by atoms with Gasteiger partial charge in [0.2, 0.25) is 0 Å². The highest BCUT2D eigenvalue weighted by atomic mass is 35.5. The second-order valence-electron chi connectivity index (χ2n) is 7.74. The average molecular weight is 410 g/mol. The Labute approximate surface area is 175 Å². The molecule has 2 aliphatic rings. The zero-order valence-electron chi connectivity index (χ0n) is 16.5. The first-order valence-electron chi connectivity index (χ1n) is 10.2. The van der Waals surface area contributed by atoms with E-state index in [1.54, 1.807) is 0 Å². The van der Waals surface area contributed by atoms with Crippen LogP contribution in [0.2, 0.25) is 5.02 Å². The zero-order chi connectivity index (χ0) is 20.0. The van der Waals surface area contributed by atoms with Crippen molar-refractivity contribution in [1.29, 1.82) is 0 Å². The molecule has 0 bridgehead atoms. The summed E-state index contributed by atoms with van der Waals surface area (Å²) < 4.78 is 8.26. The van der Waals surface area contributed by atoms with Crippen molar-refractivity contribution in [3.05, 3.63) is 59.2 Å². The van der Waals surface area contributed by atoms with Gasteiger partial charge in [0.05, 0.1) is 12.1 Å². The first kappa shape index (κ1) is 18.4. The van der Waals surface area contributed by atoms with E-state index in [-0.39, 0.29) is 12.0 Å². The maximum absolute atomic E-state index is 13.4. The Morgan fingerprint density at radius 3 is 2.66 bits per heavy atom. The largest absolute Gasteiger partial charge is 0.486 e. The molecule has 1 saturated heterocycles. The van der Waals surface area contributed by atoms with E-state index in [1.165, 1.54) is 0 Å². The Hall–Kier alpha value is -2.66. The first-order valence-corrected chi connectivity index (χ1v) is 10.6. The molecule has 3 aromatic rings. The number of aromatic nitrogens is 1. The number of carbonyl (C=O) groups excluding carboxylic acids is 1. The Bertz CT molecular complexity index is 1070. The number of benzene rings is 2. The van der Waals surface area contributed by atoms with E-state index in [1.807, 2.05) is 41.3 Å². The lowest BCUT2D eigenvalue weighted by Crippen LogP contribution is -2.49. The van der Waals surface area contributed by atoms with Gasteiger partial charge in [-0.25, -0.2) is 0 Å². The van der Waals surface area contributed by atoms with E-state index in [2.05, 4.69) is 28.5 Å². The summed E-state index contributed by atoms with van der Waals surface area (Å²) in [6.45, 7) is 5.85. The Morgan fingerprint density at radius 1 is 1.10 bits per heavy atom. The van der Waals surface area contributed by atoms with E-state index in [9.17, 15) is 4.79 Å². The van der Waals surface area contributed by atoms with Crippen molar-refractivity contribution < 1.29 is 9.53 Å². The molecule has 2 aromatic carbocycles. The summed E-state index contributed by atoms with van der Waals surface area (Å²) in [5.74, 6) is 0.986. The highest BCUT2D eigenvalue weighted by Crippen LogP contribution is 2.34. The van der Waals surface area contributed by atoms with Crippen LogP contribution in [-0.4, -0.2) is 47.7 Å². The molecule has 1 amide bonds. The molecule has 0 aliphatic carbocycles. The van der Waals surface area contributed by atoms with Crippen LogP contribution in [0.15, 0.2) is 48.5 Å². The fourth-order valence-electron chi connectivity index (χ4n) is 4.39. The van der Waals surface area contributed by atoms with Crippen molar-refractivity contribution in [3.63, 3.8) is 0 Å². The monoisotopic (exact) mass is 409 g/mol. The molecule has 5 rings (SSSR count). The van der Waals surface area contributed by atoms with Gasteiger partial charge >= 0.3 is 0 Å². The summed E-state index contributed by atoms with van der Waals surface area (Å²) in [7, 11) is 0. The van der Waals surface area contributed by atoms with Gasteiger partial charge < -0.3 is 19.1 Å². The quantitative estimate of drug-likeness (QED) is 0.642. The fourth-order valence-corrected chi connectivity index (χ4v) is 4.57. The maximum atomic E-state index is 13.4. The number of ether oxygens (including phenoxy) is 1.